The van der Waals surface area contributed by atoms with Gasteiger partial charge in [0.2, 0.25) is 0 Å². The number of amides is 2. The van der Waals surface area contributed by atoms with Gasteiger partial charge >= 0.3 is 0 Å². The molecule has 0 saturated carbocycles. The van der Waals surface area contributed by atoms with Crippen LogP contribution in [0.25, 0.3) is 0 Å². The van der Waals surface area contributed by atoms with Crippen LogP contribution in [0.2, 0.25) is 5.02 Å². The predicted octanol–water partition coefficient (Wildman–Crippen LogP) is 2.59. The lowest BCUT2D eigenvalue weighted by Gasteiger charge is -2.48. The van der Waals surface area contributed by atoms with E-state index >= 15 is 0 Å². The molecule has 3 rings (SSSR count). The number of sulfonamides is 1. The molecule has 1 heterocycles. The van der Waals surface area contributed by atoms with E-state index in [0.29, 0.717) is 0 Å². The van der Waals surface area contributed by atoms with Crippen molar-refractivity contribution in [2.75, 3.05) is 6.54 Å². The van der Waals surface area contributed by atoms with E-state index in [0.717, 1.165) is 6.07 Å². The van der Waals surface area contributed by atoms with Crippen LogP contribution in [0.3, 0.4) is 0 Å². The van der Waals surface area contributed by atoms with Crippen LogP contribution in [0.4, 0.5) is 4.39 Å². The number of carbonyl (C=O) groups excluding carboxylic acids is 2. The Hall–Kier alpha value is -2.45. The fraction of sp³-hybridized carbons (Fsp3) is 0.222. The second-order valence-corrected chi connectivity index (χ2v) is 8.41. The van der Waals surface area contributed by atoms with Crippen LogP contribution in [0.1, 0.15) is 23.7 Å². The Kier molecular flexibility index (Phi) is 4.96. The summed E-state index contributed by atoms with van der Waals surface area (Å²) in [6.07, 6.45) is 0.276. The van der Waals surface area contributed by atoms with Gasteiger partial charge in [-0.3, -0.25) is 9.59 Å². The molecule has 9 heteroatoms. The molecule has 0 bridgehead atoms. The first-order chi connectivity index (χ1) is 12.6. The van der Waals surface area contributed by atoms with Crippen molar-refractivity contribution in [3.8, 4) is 0 Å². The minimum Gasteiger partial charge on any atom is -0.324 e. The van der Waals surface area contributed by atoms with Crippen LogP contribution < -0.4 is 4.72 Å². The highest BCUT2D eigenvalue weighted by atomic mass is 35.5. The number of nitrogens with zero attached hydrogens (tertiary/aromatic N) is 1. The lowest BCUT2D eigenvalue weighted by Crippen LogP contribution is -2.67. The molecule has 1 aliphatic rings. The van der Waals surface area contributed by atoms with Crippen LogP contribution in [0.5, 0.6) is 0 Å². The van der Waals surface area contributed by atoms with Gasteiger partial charge in [0.15, 0.2) is 0 Å². The fourth-order valence-electron chi connectivity index (χ4n) is 2.85. The molecule has 27 heavy (non-hydrogen) atoms. The first-order valence-electron chi connectivity index (χ1n) is 8.04. The van der Waals surface area contributed by atoms with Gasteiger partial charge in [0.25, 0.3) is 21.8 Å². The molecule has 1 aliphatic heterocycles. The summed E-state index contributed by atoms with van der Waals surface area (Å²) in [5, 5.41) is -0.0238. The van der Waals surface area contributed by atoms with Crippen molar-refractivity contribution >= 4 is 33.4 Å². The first kappa shape index (κ1) is 19.3. The van der Waals surface area contributed by atoms with E-state index in [4.69, 9.17) is 11.6 Å². The number of nitrogens with one attached hydrogen (secondary N) is 1. The first-order valence-corrected chi connectivity index (χ1v) is 9.90. The third kappa shape index (κ3) is 3.54. The van der Waals surface area contributed by atoms with E-state index in [1.165, 1.54) is 48.2 Å². The molecule has 1 N–H and O–H groups in total. The third-order valence-electron chi connectivity index (χ3n) is 4.58. The molecule has 2 amide bonds. The molecule has 1 unspecified atom stereocenters. The topological polar surface area (TPSA) is 83.6 Å². The summed E-state index contributed by atoms with van der Waals surface area (Å²) in [4.78, 5) is 26.2. The second kappa shape index (κ2) is 6.94. The van der Waals surface area contributed by atoms with Crippen LogP contribution in [-0.4, -0.2) is 37.2 Å². The van der Waals surface area contributed by atoms with Gasteiger partial charge < -0.3 is 4.90 Å². The highest BCUT2D eigenvalue weighted by Crippen LogP contribution is 2.33. The summed E-state index contributed by atoms with van der Waals surface area (Å²) in [7, 11) is -4.20. The molecular weight excluding hydrogens is 395 g/mol. The van der Waals surface area contributed by atoms with Crippen molar-refractivity contribution in [3.63, 3.8) is 0 Å². The molecule has 1 atom stereocenters. The monoisotopic (exact) mass is 410 g/mol. The molecule has 2 aromatic carbocycles. The maximum absolute atomic E-state index is 13.4. The minimum atomic E-state index is -4.20. The average molecular weight is 411 g/mol. The number of rotatable bonds is 4. The molecule has 2 aromatic rings. The lowest BCUT2D eigenvalue weighted by molar-refractivity contribution is -0.135. The standard InChI is InChI=1S/C18H16ClFN2O4S/c1-18(9-10-22(18)16(23)12-5-4-6-13(20)11-12)17(24)21-27(25,26)15-8-3-2-7-14(15)19/h2-8,11H,9-10H2,1H3,(H,21,24). The van der Waals surface area contributed by atoms with Gasteiger partial charge in [-0.1, -0.05) is 29.8 Å². The number of halogens is 2. The normalized spacial score (nSPS) is 19.3. The molecule has 0 aromatic heterocycles. The largest absolute Gasteiger partial charge is 0.324 e. The van der Waals surface area contributed by atoms with Gasteiger partial charge in [0.05, 0.1) is 5.02 Å². The SMILES string of the molecule is CC1(C(=O)NS(=O)(=O)c2ccccc2Cl)CCN1C(=O)c1cccc(F)c1. The Bertz CT molecular complexity index is 1030. The van der Waals surface area contributed by atoms with Gasteiger partial charge in [-0.15, -0.1) is 0 Å². The van der Waals surface area contributed by atoms with Crippen LogP contribution >= 0.6 is 11.6 Å². The van der Waals surface area contributed by atoms with Crippen LogP contribution in [0, 0.1) is 5.82 Å². The lowest BCUT2D eigenvalue weighted by atomic mass is 9.85. The van der Waals surface area contributed by atoms with Gasteiger partial charge in [-0.2, -0.15) is 0 Å². The molecular formula is C18H16ClFN2O4S. The van der Waals surface area contributed by atoms with Crippen molar-refractivity contribution < 1.29 is 22.4 Å². The Morgan fingerprint density at radius 1 is 1.19 bits per heavy atom. The Labute approximate surface area is 161 Å². The van der Waals surface area contributed by atoms with Crippen molar-refractivity contribution in [3.05, 3.63) is 64.9 Å². The summed E-state index contributed by atoms with van der Waals surface area (Å²) in [6, 6.07) is 10.8. The van der Waals surface area contributed by atoms with Crippen LogP contribution in [0.15, 0.2) is 53.4 Å². The zero-order valence-corrected chi connectivity index (χ0v) is 15.8. The Morgan fingerprint density at radius 3 is 2.48 bits per heavy atom. The summed E-state index contributed by atoms with van der Waals surface area (Å²) in [6.45, 7) is 1.72. The van der Waals surface area contributed by atoms with E-state index in [9.17, 15) is 22.4 Å². The molecule has 142 valence electrons. The highest BCUT2D eigenvalue weighted by molar-refractivity contribution is 7.90. The van der Waals surface area contributed by atoms with Crippen molar-refractivity contribution in [2.24, 2.45) is 0 Å². The van der Waals surface area contributed by atoms with E-state index in [1.54, 1.807) is 6.07 Å². The van der Waals surface area contributed by atoms with Crippen molar-refractivity contribution in [1.29, 1.82) is 0 Å². The minimum absolute atomic E-state index is 0.0238. The number of hydrogen-bond acceptors (Lipinski definition) is 4. The number of benzene rings is 2. The summed E-state index contributed by atoms with van der Waals surface area (Å²) >= 11 is 5.90. The number of carbonyl (C=O) groups is 2. The second-order valence-electron chi connectivity index (χ2n) is 6.36. The molecule has 1 saturated heterocycles. The third-order valence-corrected chi connectivity index (χ3v) is 6.41. The van der Waals surface area contributed by atoms with E-state index in [-0.39, 0.29) is 28.4 Å². The van der Waals surface area contributed by atoms with Crippen molar-refractivity contribution in [1.82, 2.24) is 9.62 Å². The van der Waals surface area contributed by atoms with E-state index in [2.05, 4.69) is 0 Å². The molecule has 0 radical (unpaired) electrons. The number of likely N-dealkylation sites (tertiary alicyclic amines) is 1. The Balaban J connectivity index is 1.82. The number of hydrogen-bond donors (Lipinski definition) is 1. The van der Waals surface area contributed by atoms with Crippen LogP contribution in [-0.2, 0) is 14.8 Å². The summed E-state index contributed by atoms with van der Waals surface area (Å²) < 4.78 is 40.3. The van der Waals surface area contributed by atoms with Crippen molar-refractivity contribution in [2.45, 2.75) is 23.8 Å². The quantitative estimate of drug-likeness (QED) is 0.839. The summed E-state index contributed by atoms with van der Waals surface area (Å²) in [5.74, 6) is -1.97. The highest BCUT2D eigenvalue weighted by Gasteiger charge is 2.50. The molecule has 1 fully saturated rings. The molecule has 0 spiro atoms. The maximum Gasteiger partial charge on any atom is 0.265 e. The van der Waals surface area contributed by atoms with Gasteiger partial charge in [-0.25, -0.2) is 17.5 Å². The zero-order chi connectivity index (χ0) is 19.8. The molecule has 6 nitrogen and oxygen atoms in total. The van der Waals surface area contributed by atoms with E-state index in [1.807, 2.05) is 4.72 Å². The maximum atomic E-state index is 13.4. The average Bonchev–Trinajstić information content (AvgIpc) is 2.59. The summed E-state index contributed by atoms with van der Waals surface area (Å²) in [5.41, 5.74) is -1.28. The zero-order valence-electron chi connectivity index (χ0n) is 14.3. The molecule has 0 aliphatic carbocycles. The smallest absolute Gasteiger partial charge is 0.265 e. The predicted molar refractivity (Wildman–Crippen MR) is 97.2 cm³/mol. The van der Waals surface area contributed by atoms with Gasteiger partial charge in [0, 0.05) is 12.1 Å². The Morgan fingerprint density at radius 2 is 1.89 bits per heavy atom. The fourth-order valence-corrected chi connectivity index (χ4v) is 4.44. The van der Waals surface area contributed by atoms with E-state index < -0.39 is 33.2 Å². The van der Waals surface area contributed by atoms with Gasteiger partial charge in [-0.05, 0) is 43.7 Å². The van der Waals surface area contributed by atoms with Gasteiger partial charge in [0.1, 0.15) is 16.3 Å².